The second-order valence-corrected chi connectivity index (χ2v) is 8.64. The van der Waals surface area contributed by atoms with Crippen LogP contribution in [-0.4, -0.2) is 39.3 Å². The van der Waals surface area contributed by atoms with Gasteiger partial charge >= 0.3 is 0 Å². The average Bonchev–Trinajstić information content (AvgIpc) is 3.10. The lowest BCUT2D eigenvalue weighted by Gasteiger charge is -2.70. The van der Waals surface area contributed by atoms with Crippen LogP contribution in [0.4, 0.5) is 4.39 Å². The predicted octanol–water partition coefficient (Wildman–Crippen LogP) is 2.86. The number of amides is 2. The maximum atomic E-state index is 13.4. The maximum Gasteiger partial charge on any atom is 0.272 e. The van der Waals surface area contributed by atoms with Crippen LogP contribution in [0.1, 0.15) is 49.6 Å². The number of hydrogen-bond donors (Lipinski definition) is 2. The maximum absolute atomic E-state index is 13.4. The molecule has 2 bridgehead atoms. The summed E-state index contributed by atoms with van der Waals surface area (Å²) >= 11 is 5.62. The number of nitrogens with one attached hydrogen (secondary N) is 2. The fourth-order valence-corrected chi connectivity index (χ4v) is 4.27. The van der Waals surface area contributed by atoms with E-state index in [2.05, 4.69) is 15.7 Å². The topological polar surface area (TPSA) is 85.2 Å². The van der Waals surface area contributed by atoms with Gasteiger partial charge in [0.05, 0.1) is 5.02 Å². The smallest absolute Gasteiger partial charge is 0.272 e. The summed E-state index contributed by atoms with van der Waals surface area (Å²) in [5, 5.41) is 10.3. The molecule has 9 heteroatoms. The SMILES string of the molecule is CC(C)n1ccc(C(=O)NC23CC(NC(=O)COc4ccc(Cl)c(F)c4)(C2)C3)n1. The third-order valence-electron chi connectivity index (χ3n) is 5.44. The first kappa shape index (κ1) is 19.7. The van der Waals surface area contributed by atoms with Crippen molar-refractivity contribution in [3.05, 3.63) is 47.0 Å². The summed E-state index contributed by atoms with van der Waals surface area (Å²) in [5.74, 6) is -0.836. The van der Waals surface area contributed by atoms with Gasteiger partial charge in [0.25, 0.3) is 11.8 Å². The number of ether oxygens (including phenoxy) is 1. The molecule has 0 atom stereocenters. The minimum atomic E-state index is -0.597. The molecule has 2 aromatic rings. The second kappa shape index (κ2) is 7.02. The number of carbonyl (C=O) groups excluding carboxylic acids is 2. The molecule has 154 valence electrons. The van der Waals surface area contributed by atoms with Gasteiger partial charge in [-0.1, -0.05) is 11.6 Å². The number of halogens is 2. The molecule has 5 rings (SSSR count). The Morgan fingerprint density at radius 1 is 1.24 bits per heavy atom. The Kier molecular flexibility index (Phi) is 4.77. The Morgan fingerprint density at radius 3 is 2.55 bits per heavy atom. The monoisotopic (exact) mass is 420 g/mol. The second-order valence-electron chi connectivity index (χ2n) is 8.23. The first-order valence-electron chi connectivity index (χ1n) is 9.46. The third kappa shape index (κ3) is 3.81. The van der Waals surface area contributed by atoms with E-state index in [0.717, 1.165) is 6.07 Å². The molecule has 2 N–H and O–H groups in total. The summed E-state index contributed by atoms with van der Waals surface area (Å²) in [7, 11) is 0. The molecule has 3 aliphatic rings. The molecule has 1 heterocycles. The van der Waals surface area contributed by atoms with Crippen molar-refractivity contribution in [2.24, 2.45) is 0 Å². The van der Waals surface area contributed by atoms with Crippen LogP contribution >= 0.6 is 11.6 Å². The van der Waals surface area contributed by atoms with Crippen LogP contribution in [0.5, 0.6) is 5.75 Å². The van der Waals surface area contributed by atoms with Crippen LogP contribution in [0.3, 0.4) is 0 Å². The van der Waals surface area contributed by atoms with Crippen molar-refractivity contribution in [1.29, 1.82) is 0 Å². The molecule has 7 nitrogen and oxygen atoms in total. The molecule has 3 aliphatic carbocycles. The van der Waals surface area contributed by atoms with Crippen LogP contribution in [0.25, 0.3) is 0 Å². The molecule has 0 spiro atoms. The number of hydrogen-bond acceptors (Lipinski definition) is 4. The van der Waals surface area contributed by atoms with Gasteiger partial charge < -0.3 is 15.4 Å². The van der Waals surface area contributed by atoms with Crippen LogP contribution in [-0.2, 0) is 4.79 Å². The molecule has 29 heavy (non-hydrogen) atoms. The number of benzene rings is 1. The molecular formula is C20H22ClFN4O3. The highest BCUT2D eigenvalue weighted by Crippen LogP contribution is 2.60. The minimum Gasteiger partial charge on any atom is -0.484 e. The van der Waals surface area contributed by atoms with Gasteiger partial charge in [0.2, 0.25) is 0 Å². The largest absolute Gasteiger partial charge is 0.484 e. The van der Waals surface area contributed by atoms with Gasteiger partial charge in [-0.05, 0) is 51.3 Å². The van der Waals surface area contributed by atoms with Crippen molar-refractivity contribution >= 4 is 23.4 Å². The quantitative estimate of drug-likeness (QED) is 0.721. The zero-order valence-electron chi connectivity index (χ0n) is 16.2. The summed E-state index contributed by atoms with van der Waals surface area (Å²) in [6.45, 7) is 3.78. The first-order valence-corrected chi connectivity index (χ1v) is 9.84. The standard InChI is InChI=1S/C20H22ClFN4O3/c1-12(2)26-6-5-16(25-26)18(28)24-20-9-19(10-20,11-20)23-17(27)8-29-13-3-4-14(21)15(22)7-13/h3-7,12H,8-11H2,1-2H3,(H,23,27)(H,24,28). The van der Waals surface area contributed by atoms with E-state index in [9.17, 15) is 14.0 Å². The Morgan fingerprint density at radius 2 is 1.93 bits per heavy atom. The number of rotatable bonds is 7. The lowest BCUT2D eigenvalue weighted by molar-refractivity contribution is -0.141. The van der Waals surface area contributed by atoms with Crippen molar-refractivity contribution in [2.45, 2.75) is 50.2 Å². The molecular weight excluding hydrogens is 399 g/mol. The minimum absolute atomic E-state index is 0.000940. The Bertz CT molecular complexity index is 955. The zero-order chi connectivity index (χ0) is 20.8. The van der Waals surface area contributed by atoms with E-state index >= 15 is 0 Å². The Labute approximate surface area is 172 Å². The summed E-state index contributed by atoms with van der Waals surface area (Å²) in [5.41, 5.74) is -0.173. The highest BCUT2D eigenvalue weighted by atomic mass is 35.5. The lowest BCUT2D eigenvalue weighted by atomic mass is 9.44. The highest BCUT2D eigenvalue weighted by Gasteiger charge is 2.69. The third-order valence-corrected chi connectivity index (χ3v) is 5.75. The molecule has 1 aromatic carbocycles. The fourth-order valence-electron chi connectivity index (χ4n) is 4.15. The molecule has 3 fully saturated rings. The van der Waals surface area contributed by atoms with Crippen molar-refractivity contribution < 1.29 is 18.7 Å². The van der Waals surface area contributed by atoms with Crippen LogP contribution in [0.15, 0.2) is 30.5 Å². The van der Waals surface area contributed by atoms with E-state index in [1.807, 2.05) is 13.8 Å². The van der Waals surface area contributed by atoms with Gasteiger partial charge in [0.15, 0.2) is 6.61 Å². The van der Waals surface area contributed by atoms with Gasteiger partial charge in [0.1, 0.15) is 17.3 Å². The zero-order valence-corrected chi connectivity index (χ0v) is 16.9. The van der Waals surface area contributed by atoms with Gasteiger partial charge in [-0.3, -0.25) is 14.3 Å². The van der Waals surface area contributed by atoms with E-state index in [-0.39, 0.29) is 46.3 Å². The molecule has 3 saturated carbocycles. The number of carbonyl (C=O) groups is 2. The van der Waals surface area contributed by atoms with E-state index in [1.165, 1.54) is 12.1 Å². The Hall–Kier alpha value is -2.61. The van der Waals surface area contributed by atoms with Crippen LogP contribution in [0, 0.1) is 5.82 Å². The molecule has 0 unspecified atom stereocenters. The summed E-state index contributed by atoms with van der Waals surface area (Å²) in [6, 6.07) is 5.92. The van der Waals surface area contributed by atoms with Gasteiger partial charge in [-0.25, -0.2) is 4.39 Å². The summed E-state index contributed by atoms with van der Waals surface area (Å²) < 4.78 is 20.5. The van der Waals surface area contributed by atoms with Gasteiger partial charge in [-0.15, -0.1) is 0 Å². The van der Waals surface area contributed by atoms with Crippen molar-refractivity contribution in [3.63, 3.8) is 0 Å². The van der Waals surface area contributed by atoms with Crippen molar-refractivity contribution in [3.8, 4) is 5.75 Å². The highest BCUT2D eigenvalue weighted by molar-refractivity contribution is 6.30. The van der Waals surface area contributed by atoms with E-state index in [1.54, 1.807) is 16.9 Å². The summed E-state index contributed by atoms with van der Waals surface area (Å²) in [6.07, 6.45) is 3.82. The van der Waals surface area contributed by atoms with E-state index in [0.29, 0.717) is 25.0 Å². The summed E-state index contributed by atoms with van der Waals surface area (Å²) in [4.78, 5) is 24.6. The molecule has 2 amide bonds. The van der Waals surface area contributed by atoms with Crippen LogP contribution in [0.2, 0.25) is 5.02 Å². The first-order chi connectivity index (χ1) is 13.7. The predicted molar refractivity (Wildman–Crippen MR) is 104 cm³/mol. The molecule has 0 radical (unpaired) electrons. The average molecular weight is 421 g/mol. The van der Waals surface area contributed by atoms with E-state index in [4.69, 9.17) is 16.3 Å². The number of nitrogens with zero attached hydrogens (tertiary/aromatic N) is 2. The normalized spacial score (nSPS) is 24.4. The lowest BCUT2D eigenvalue weighted by Crippen LogP contribution is -2.84. The fraction of sp³-hybridized carbons (Fsp3) is 0.450. The van der Waals surface area contributed by atoms with Crippen molar-refractivity contribution in [1.82, 2.24) is 20.4 Å². The number of aromatic nitrogens is 2. The molecule has 1 aromatic heterocycles. The van der Waals surface area contributed by atoms with Gasteiger partial charge in [-0.2, -0.15) is 5.10 Å². The van der Waals surface area contributed by atoms with Crippen molar-refractivity contribution in [2.75, 3.05) is 6.61 Å². The van der Waals surface area contributed by atoms with Gasteiger partial charge in [0, 0.05) is 29.4 Å². The molecule has 0 saturated heterocycles. The van der Waals surface area contributed by atoms with E-state index < -0.39 is 5.82 Å². The molecule has 0 aliphatic heterocycles. The van der Waals surface area contributed by atoms with Crippen LogP contribution < -0.4 is 15.4 Å². The Balaban J connectivity index is 1.23.